The van der Waals surface area contributed by atoms with Crippen LogP contribution >= 0.6 is 23.2 Å². The molecule has 0 aromatic carbocycles. The smallest absolute Gasteiger partial charge is 0.141 e. The molecule has 0 saturated heterocycles. The first-order valence-electron chi connectivity index (χ1n) is 3.28. The van der Waals surface area contributed by atoms with Gasteiger partial charge >= 0.3 is 0 Å². The first-order chi connectivity index (χ1) is 5.75. The SMILES string of the molecule is NCC=Cc1c(Cl)ncnc1Cl. The molecule has 0 radical (unpaired) electrons. The van der Waals surface area contributed by atoms with Crippen molar-refractivity contribution in [1.29, 1.82) is 0 Å². The third kappa shape index (κ3) is 2.17. The number of aromatic nitrogens is 2. The van der Waals surface area contributed by atoms with Crippen molar-refractivity contribution < 1.29 is 0 Å². The van der Waals surface area contributed by atoms with Gasteiger partial charge in [0.2, 0.25) is 0 Å². The predicted molar refractivity (Wildman–Crippen MR) is 50.1 cm³/mol. The number of rotatable bonds is 2. The van der Waals surface area contributed by atoms with Gasteiger partial charge in [0, 0.05) is 12.1 Å². The van der Waals surface area contributed by atoms with Gasteiger partial charge in [0.05, 0.1) is 0 Å². The second kappa shape index (κ2) is 4.40. The third-order valence-corrected chi connectivity index (χ3v) is 1.81. The fourth-order valence-corrected chi connectivity index (χ4v) is 1.12. The zero-order valence-corrected chi connectivity index (χ0v) is 7.68. The molecule has 1 heterocycles. The molecular weight excluding hydrogens is 197 g/mol. The third-order valence-electron chi connectivity index (χ3n) is 1.21. The molecule has 64 valence electrons. The van der Waals surface area contributed by atoms with Gasteiger partial charge in [0.15, 0.2) is 0 Å². The van der Waals surface area contributed by atoms with E-state index in [1.807, 2.05) is 0 Å². The van der Waals surface area contributed by atoms with Crippen molar-refractivity contribution in [3.63, 3.8) is 0 Å². The summed E-state index contributed by atoms with van der Waals surface area (Å²) in [6, 6.07) is 0. The second-order valence-corrected chi connectivity index (χ2v) is 2.72. The van der Waals surface area contributed by atoms with Crippen LogP contribution in [0.25, 0.3) is 6.08 Å². The van der Waals surface area contributed by atoms with Gasteiger partial charge in [-0.3, -0.25) is 0 Å². The predicted octanol–water partition coefficient (Wildman–Crippen LogP) is 1.76. The molecule has 0 atom stereocenters. The van der Waals surface area contributed by atoms with Gasteiger partial charge in [-0.15, -0.1) is 0 Å². The Hall–Kier alpha value is -0.640. The monoisotopic (exact) mass is 203 g/mol. The van der Waals surface area contributed by atoms with Gasteiger partial charge in [-0.25, -0.2) is 9.97 Å². The van der Waals surface area contributed by atoms with E-state index < -0.39 is 0 Å². The maximum Gasteiger partial charge on any atom is 0.141 e. The second-order valence-electron chi connectivity index (χ2n) is 2.01. The Morgan fingerprint density at radius 3 is 2.42 bits per heavy atom. The summed E-state index contributed by atoms with van der Waals surface area (Å²) in [5.74, 6) is 0. The number of halogens is 2. The van der Waals surface area contributed by atoms with E-state index in [1.165, 1.54) is 6.33 Å². The van der Waals surface area contributed by atoms with E-state index in [0.717, 1.165) is 0 Å². The average Bonchev–Trinajstić information content (AvgIpc) is 2.04. The molecule has 1 rings (SSSR count). The number of hydrogen-bond acceptors (Lipinski definition) is 3. The van der Waals surface area contributed by atoms with Gasteiger partial charge in [0.25, 0.3) is 0 Å². The lowest BCUT2D eigenvalue weighted by Crippen LogP contribution is -1.93. The standard InChI is InChI=1S/C7H7Cl2N3/c8-6-5(2-1-3-10)7(9)12-4-11-6/h1-2,4H,3,10H2. The lowest BCUT2D eigenvalue weighted by atomic mass is 10.3. The fourth-order valence-electron chi connectivity index (χ4n) is 0.678. The van der Waals surface area contributed by atoms with E-state index in [0.29, 0.717) is 22.4 Å². The molecule has 0 aliphatic rings. The Kier molecular flexibility index (Phi) is 3.47. The Morgan fingerprint density at radius 1 is 1.33 bits per heavy atom. The van der Waals surface area contributed by atoms with Gasteiger partial charge in [-0.2, -0.15) is 0 Å². The quantitative estimate of drug-likeness (QED) is 0.746. The summed E-state index contributed by atoms with van der Waals surface area (Å²) in [6.45, 7) is 0.432. The Labute approximate surface area is 80.2 Å². The molecule has 0 aliphatic carbocycles. The van der Waals surface area contributed by atoms with Crippen LogP contribution in [-0.4, -0.2) is 16.5 Å². The van der Waals surface area contributed by atoms with Crippen molar-refractivity contribution in [1.82, 2.24) is 9.97 Å². The highest BCUT2D eigenvalue weighted by molar-refractivity contribution is 6.35. The average molecular weight is 204 g/mol. The molecule has 0 unspecified atom stereocenters. The summed E-state index contributed by atoms with van der Waals surface area (Å²) >= 11 is 11.5. The largest absolute Gasteiger partial charge is 0.327 e. The maximum absolute atomic E-state index is 5.74. The molecule has 5 heteroatoms. The van der Waals surface area contributed by atoms with E-state index in [2.05, 4.69) is 9.97 Å². The zero-order chi connectivity index (χ0) is 8.97. The van der Waals surface area contributed by atoms with E-state index in [4.69, 9.17) is 28.9 Å². The van der Waals surface area contributed by atoms with Crippen LogP contribution in [0.2, 0.25) is 10.3 Å². The van der Waals surface area contributed by atoms with E-state index in [9.17, 15) is 0 Å². The molecule has 0 spiro atoms. The van der Waals surface area contributed by atoms with Gasteiger partial charge in [-0.1, -0.05) is 35.4 Å². The van der Waals surface area contributed by atoms with Crippen molar-refractivity contribution in [2.75, 3.05) is 6.54 Å². The molecular formula is C7H7Cl2N3. The van der Waals surface area contributed by atoms with Crippen LogP contribution in [0.1, 0.15) is 5.56 Å². The molecule has 0 saturated carbocycles. The van der Waals surface area contributed by atoms with Crippen LogP contribution in [0.3, 0.4) is 0 Å². The highest BCUT2D eigenvalue weighted by atomic mass is 35.5. The van der Waals surface area contributed by atoms with Crippen LogP contribution in [0, 0.1) is 0 Å². The highest BCUT2D eigenvalue weighted by Gasteiger charge is 2.02. The van der Waals surface area contributed by atoms with E-state index in [-0.39, 0.29) is 0 Å². The minimum atomic E-state index is 0.333. The molecule has 2 N–H and O–H groups in total. The van der Waals surface area contributed by atoms with Crippen molar-refractivity contribution in [2.24, 2.45) is 5.73 Å². The van der Waals surface area contributed by atoms with E-state index >= 15 is 0 Å². The van der Waals surface area contributed by atoms with Crippen molar-refractivity contribution in [3.8, 4) is 0 Å². The lowest BCUT2D eigenvalue weighted by Gasteiger charge is -1.97. The minimum Gasteiger partial charge on any atom is -0.327 e. The molecule has 0 fully saturated rings. The zero-order valence-electron chi connectivity index (χ0n) is 6.17. The maximum atomic E-state index is 5.74. The van der Waals surface area contributed by atoms with Crippen molar-refractivity contribution in [3.05, 3.63) is 28.3 Å². The molecule has 12 heavy (non-hydrogen) atoms. The minimum absolute atomic E-state index is 0.333. The summed E-state index contributed by atoms with van der Waals surface area (Å²) in [5.41, 5.74) is 5.87. The fraction of sp³-hybridized carbons (Fsp3) is 0.143. The van der Waals surface area contributed by atoms with Gasteiger partial charge in [-0.05, 0) is 0 Å². The molecule has 3 nitrogen and oxygen atoms in total. The molecule has 0 amide bonds. The topological polar surface area (TPSA) is 51.8 Å². The Bertz CT molecular complexity index is 278. The number of nitrogens with two attached hydrogens (primary N) is 1. The first-order valence-corrected chi connectivity index (χ1v) is 4.04. The van der Waals surface area contributed by atoms with Gasteiger partial charge in [0.1, 0.15) is 16.6 Å². The van der Waals surface area contributed by atoms with E-state index in [1.54, 1.807) is 12.2 Å². The molecule has 0 aliphatic heterocycles. The van der Waals surface area contributed by atoms with Crippen LogP contribution in [-0.2, 0) is 0 Å². The normalized spacial score (nSPS) is 10.9. The van der Waals surface area contributed by atoms with Crippen LogP contribution < -0.4 is 5.73 Å². The number of hydrogen-bond donors (Lipinski definition) is 1. The Morgan fingerprint density at radius 2 is 1.92 bits per heavy atom. The van der Waals surface area contributed by atoms with Crippen LogP contribution in [0.5, 0.6) is 0 Å². The Balaban J connectivity index is 3.04. The van der Waals surface area contributed by atoms with Gasteiger partial charge < -0.3 is 5.73 Å². The summed E-state index contributed by atoms with van der Waals surface area (Å²) < 4.78 is 0. The lowest BCUT2D eigenvalue weighted by molar-refractivity contribution is 1.16. The van der Waals surface area contributed by atoms with Crippen molar-refractivity contribution in [2.45, 2.75) is 0 Å². The summed E-state index contributed by atoms with van der Waals surface area (Å²) in [7, 11) is 0. The molecule has 1 aromatic rings. The highest BCUT2D eigenvalue weighted by Crippen LogP contribution is 2.20. The summed E-state index contributed by atoms with van der Waals surface area (Å²) in [5, 5.41) is 0.666. The first kappa shape index (κ1) is 9.45. The number of nitrogens with zero attached hydrogens (tertiary/aromatic N) is 2. The summed E-state index contributed by atoms with van der Waals surface area (Å²) in [4.78, 5) is 7.54. The van der Waals surface area contributed by atoms with Crippen LogP contribution in [0.15, 0.2) is 12.4 Å². The summed E-state index contributed by atoms with van der Waals surface area (Å²) in [6.07, 6.45) is 4.74. The van der Waals surface area contributed by atoms with Crippen LogP contribution in [0.4, 0.5) is 0 Å². The molecule has 1 aromatic heterocycles. The van der Waals surface area contributed by atoms with Crippen molar-refractivity contribution >= 4 is 29.3 Å². The molecule has 0 bridgehead atoms.